The van der Waals surface area contributed by atoms with E-state index in [1.54, 1.807) is 0 Å². The Hall–Kier alpha value is -2.80. The molecule has 2 aliphatic carbocycles. The van der Waals surface area contributed by atoms with Gasteiger partial charge in [0.05, 0.1) is 17.5 Å². The number of nitrogens with one attached hydrogen (secondary N) is 1. The van der Waals surface area contributed by atoms with Crippen LogP contribution in [-0.4, -0.2) is 34.2 Å². The minimum atomic E-state index is -0.392. The molecule has 1 saturated carbocycles. The molecule has 2 bridgehead atoms. The van der Waals surface area contributed by atoms with Crippen molar-refractivity contribution in [2.75, 3.05) is 11.9 Å². The summed E-state index contributed by atoms with van der Waals surface area (Å²) in [7, 11) is 0. The highest BCUT2D eigenvalue weighted by Gasteiger charge is 2.59. The van der Waals surface area contributed by atoms with Gasteiger partial charge in [-0.1, -0.05) is 42.0 Å². The van der Waals surface area contributed by atoms with Gasteiger partial charge in [0.2, 0.25) is 17.7 Å². The number of anilines is 1. The number of nitrogens with zero attached hydrogens (tertiary/aromatic N) is 2. The molecule has 5 rings (SSSR count). The number of thiazole rings is 1. The molecule has 4 unspecified atom stereocenters. The zero-order chi connectivity index (χ0) is 20.3. The summed E-state index contributed by atoms with van der Waals surface area (Å²) in [5.41, 5.74) is 2.99. The van der Waals surface area contributed by atoms with Gasteiger partial charge in [0.1, 0.15) is 6.54 Å². The lowest BCUT2D eigenvalue weighted by atomic mass is 9.85. The lowest BCUT2D eigenvalue weighted by molar-refractivity contribution is -0.143. The van der Waals surface area contributed by atoms with Gasteiger partial charge < -0.3 is 5.32 Å². The molecule has 3 amide bonds. The molecule has 6 nitrogen and oxygen atoms in total. The molecule has 1 aromatic carbocycles. The number of carbonyl (C=O) groups excluding carboxylic acids is 3. The highest BCUT2D eigenvalue weighted by Crippen LogP contribution is 2.52. The zero-order valence-corrected chi connectivity index (χ0v) is 17.0. The maximum atomic E-state index is 12.7. The molecule has 2 aromatic rings. The number of aromatic nitrogens is 1. The van der Waals surface area contributed by atoms with Crippen molar-refractivity contribution in [2.45, 2.75) is 20.3 Å². The Kier molecular flexibility index (Phi) is 4.17. The fraction of sp³-hybridized carbons (Fsp3) is 0.364. The first-order valence-corrected chi connectivity index (χ1v) is 10.6. The second-order valence-corrected chi connectivity index (χ2v) is 9.30. The first kappa shape index (κ1) is 18.2. The number of rotatable bonds is 4. The van der Waals surface area contributed by atoms with Gasteiger partial charge in [-0.25, -0.2) is 4.98 Å². The fourth-order valence-corrected chi connectivity index (χ4v) is 5.70. The molecule has 4 atom stereocenters. The van der Waals surface area contributed by atoms with Gasteiger partial charge in [-0.15, -0.1) is 11.3 Å². The topological polar surface area (TPSA) is 79.4 Å². The average molecular weight is 407 g/mol. The van der Waals surface area contributed by atoms with Crippen molar-refractivity contribution in [3.05, 3.63) is 46.9 Å². The SMILES string of the molecule is Cc1ccc(-c2nc(NC(=O)CN3C(=O)C4C5C=CC(C5)C4C3=O)sc2C)cc1. The van der Waals surface area contributed by atoms with Crippen molar-refractivity contribution in [3.8, 4) is 11.3 Å². The number of carbonyl (C=O) groups is 3. The van der Waals surface area contributed by atoms with Gasteiger partial charge in [0.15, 0.2) is 5.13 Å². The smallest absolute Gasteiger partial charge is 0.246 e. The number of hydrogen-bond acceptors (Lipinski definition) is 5. The molecular weight excluding hydrogens is 386 g/mol. The summed E-state index contributed by atoms with van der Waals surface area (Å²) in [4.78, 5) is 44.7. The molecule has 148 valence electrons. The summed E-state index contributed by atoms with van der Waals surface area (Å²) in [6, 6.07) is 8.06. The van der Waals surface area contributed by atoms with Crippen LogP contribution in [0.25, 0.3) is 11.3 Å². The average Bonchev–Trinajstić information content (AvgIpc) is 3.43. The van der Waals surface area contributed by atoms with E-state index < -0.39 is 5.91 Å². The third kappa shape index (κ3) is 2.92. The van der Waals surface area contributed by atoms with Crippen LogP contribution in [0.1, 0.15) is 16.9 Å². The summed E-state index contributed by atoms with van der Waals surface area (Å²) in [6.07, 6.45) is 4.98. The highest BCUT2D eigenvalue weighted by atomic mass is 32.1. The Morgan fingerprint density at radius 1 is 1.10 bits per heavy atom. The third-order valence-electron chi connectivity index (χ3n) is 6.23. The van der Waals surface area contributed by atoms with Crippen molar-refractivity contribution in [1.82, 2.24) is 9.88 Å². The zero-order valence-electron chi connectivity index (χ0n) is 16.2. The number of benzene rings is 1. The van der Waals surface area contributed by atoms with Crippen molar-refractivity contribution >= 4 is 34.2 Å². The van der Waals surface area contributed by atoms with E-state index in [4.69, 9.17) is 0 Å². The molecule has 0 radical (unpaired) electrons. The van der Waals surface area contributed by atoms with Gasteiger partial charge in [-0.3, -0.25) is 19.3 Å². The van der Waals surface area contributed by atoms with Gasteiger partial charge >= 0.3 is 0 Å². The molecule has 0 spiro atoms. The molecule has 7 heteroatoms. The van der Waals surface area contributed by atoms with Crippen LogP contribution >= 0.6 is 11.3 Å². The minimum Gasteiger partial charge on any atom is -0.300 e. The van der Waals surface area contributed by atoms with Gasteiger partial charge in [0, 0.05) is 10.4 Å². The second-order valence-electron chi connectivity index (χ2n) is 8.10. The lowest BCUT2D eigenvalue weighted by Gasteiger charge is -2.16. The molecule has 2 fully saturated rings. The lowest BCUT2D eigenvalue weighted by Crippen LogP contribution is -2.39. The third-order valence-corrected chi connectivity index (χ3v) is 7.12. The molecule has 29 heavy (non-hydrogen) atoms. The summed E-state index contributed by atoms with van der Waals surface area (Å²) in [5, 5.41) is 3.24. The van der Waals surface area contributed by atoms with Gasteiger partial charge in [0.25, 0.3) is 0 Å². The maximum absolute atomic E-state index is 12.7. The van der Waals surface area contributed by atoms with E-state index in [0.717, 1.165) is 27.5 Å². The standard InChI is InChI=1S/C22H21N3O3S/c1-11-3-5-13(6-4-11)19-12(2)29-22(24-19)23-16(26)10-25-20(27)17-14-7-8-15(9-14)18(17)21(25)28/h3-8,14-15,17-18H,9-10H2,1-2H3,(H,23,24,26). The van der Waals surface area contributed by atoms with E-state index in [0.29, 0.717) is 5.13 Å². The van der Waals surface area contributed by atoms with Gasteiger partial charge in [-0.2, -0.15) is 0 Å². The summed E-state index contributed by atoms with van der Waals surface area (Å²) < 4.78 is 0. The number of likely N-dealkylation sites (tertiary alicyclic amines) is 1. The predicted molar refractivity (Wildman–Crippen MR) is 110 cm³/mol. The normalized spacial score (nSPS) is 27.0. The van der Waals surface area contributed by atoms with Crippen molar-refractivity contribution in [2.24, 2.45) is 23.7 Å². The quantitative estimate of drug-likeness (QED) is 0.624. The predicted octanol–water partition coefficient (Wildman–Crippen LogP) is 3.17. The minimum absolute atomic E-state index is 0.146. The second kappa shape index (κ2) is 6.62. The maximum Gasteiger partial charge on any atom is 0.246 e. The Morgan fingerprint density at radius 3 is 2.34 bits per heavy atom. The van der Waals surface area contributed by atoms with Crippen LogP contribution in [0.5, 0.6) is 0 Å². The van der Waals surface area contributed by atoms with Crippen LogP contribution in [-0.2, 0) is 14.4 Å². The van der Waals surface area contributed by atoms with Crippen LogP contribution in [0.2, 0.25) is 0 Å². The number of fused-ring (bicyclic) bond motifs is 5. The number of aryl methyl sites for hydroxylation is 2. The Morgan fingerprint density at radius 2 is 1.72 bits per heavy atom. The summed E-state index contributed by atoms with van der Waals surface area (Å²) in [6.45, 7) is 3.74. The van der Waals surface area contributed by atoms with Crippen molar-refractivity contribution < 1.29 is 14.4 Å². The largest absolute Gasteiger partial charge is 0.300 e. The van der Waals surface area contributed by atoms with Crippen LogP contribution in [0.3, 0.4) is 0 Å². The molecular formula is C22H21N3O3S. The van der Waals surface area contributed by atoms with Crippen LogP contribution in [0, 0.1) is 37.5 Å². The summed E-state index contributed by atoms with van der Waals surface area (Å²) in [5.74, 6) is -1.07. The number of allylic oxidation sites excluding steroid dienone is 2. The molecule has 1 aliphatic heterocycles. The Labute approximate surface area is 172 Å². The van der Waals surface area contributed by atoms with E-state index in [9.17, 15) is 14.4 Å². The first-order chi connectivity index (χ1) is 13.9. The number of imide groups is 1. The van der Waals surface area contributed by atoms with Crippen LogP contribution in [0.15, 0.2) is 36.4 Å². The number of amides is 3. The van der Waals surface area contributed by atoms with Crippen molar-refractivity contribution in [3.63, 3.8) is 0 Å². The Bertz CT molecular complexity index is 1030. The van der Waals surface area contributed by atoms with Gasteiger partial charge in [-0.05, 0) is 32.1 Å². The highest BCUT2D eigenvalue weighted by molar-refractivity contribution is 7.16. The molecule has 1 N–H and O–H groups in total. The molecule has 1 aromatic heterocycles. The molecule has 2 heterocycles. The van der Waals surface area contributed by atoms with E-state index in [2.05, 4.69) is 10.3 Å². The summed E-state index contributed by atoms with van der Waals surface area (Å²) >= 11 is 1.39. The Balaban J connectivity index is 1.28. The molecule has 1 saturated heterocycles. The van der Waals surface area contributed by atoms with E-state index in [1.807, 2.05) is 50.3 Å². The van der Waals surface area contributed by atoms with Crippen LogP contribution in [0.4, 0.5) is 5.13 Å². The van der Waals surface area contributed by atoms with Crippen LogP contribution < -0.4 is 5.32 Å². The van der Waals surface area contributed by atoms with E-state index in [-0.39, 0.29) is 42.0 Å². The van der Waals surface area contributed by atoms with E-state index >= 15 is 0 Å². The van der Waals surface area contributed by atoms with E-state index in [1.165, 1.54) is 16.9 Å². The monoisotopic (exact) mass is 407 g/mol. The fourth-order valence-electron chi connectivity index (χ4n) is 4.85. The number of hydrogen-bond donors (Lipinski definition) is 1. The molecule has 3 aliphatic rings. The van der Waals surface area contributed by atoms with Crippen molar-refractivity contribution in [1.29, 1.82) is 0 Å². The first-order valence-electron chi connectivity index (χ1n) is 9.80.